The van der Waals surface area contributed by atoms with Crippen molar-refractivity contribution in [3.8, 4) is 0 Å². The van der Waals surface area contributed by atoms with Crippen LogP contribution in [-0.2, 0) is 28.6 Å². The Morgan fingerprint density at radius 1 is 0.328 bits per heavy atom. The summed E-state index contributed by atoms with van der Waals surface area (Å²) >= 11 is 0. The maximum atomic E-state index is 12.8. The van der Waals surface area contributed by atoms with Crippen LogP contribution in [0.5, 0.6) is 0 Å². The van der Waals surface area contributed by atoms with Crippen LogP contribution in [0.2, 0.25) is 0 Å². The van der Waals surface area contributed by atoms with E-state index in [4.69, 9.17) is 14.2 Å². The number of hydrogen-bond acceptors (Lipinski definition) is 6. The zero-order chi connectivity index (χ0) is 46.8. The second kappa shape index (κ2) is 50.8. The van der Waals surface area contributed by atoms with Gasteiger partial charge in [-0.15, -0.1) is 0 Å². The fourth-order valence-corrected chi connectivity index (χ4v) is 8.84. The van der Waals surface area contributed by atoms with Crippen LogP contribution in [0.25, 0.3) is 0 Å². The third kappa shape index (κ3) is 49.8. The van der Waals surface area contributed by atoms with Gasteiger partial charge in [-0.1, -0.05) is 285 Å². The molecule has 0 amide bonds. The molecule has 0 aliphatic heterocycles. The van der Waals surface area contributed by atoms with Crippen molar-refractivity contribution in [2.24, 2.45) is 11.8 Å². The normalized spacial score (nSPS) is 12.5. The van der Waals surface area contributed by atoms with E-state index in [1.54, 1.807) is 0 Å². The Hall–Kier alpha value is -1.59. The van der Waals surface area contributed by atoms with Crippen molar-refractivity contribution in [2.75, 3.05) is 13.2 Å². The maximum absolute atomic E-state index is 12.8. The molecule has 1 unspecified atom stereocenters. The summed E-state index contributed by atoms with van der Waals surface area (Å²) in [5.74, 6) is 0.895. The van der Waals surface area contributed by atoms with Gasteiger partial charge in [0.25, 0.3) is 0 Å². The van der Waals surface area contributed by atoms with E-state index < -0.39 is 6.10 Å². The number of carbonyl (C=O) groups is 3. The smallest absolute Gasteiger partial charge is 0.306 e. The molecular weight excluding hydrogens is 793 g/mol. The summed E-state index contributed by atoms with van der Waals surface area (Å²) in [6.45, 7) is 11.4. The van der Waals surface area contributed by atoms with Gasteiger partial charge in [0.15, 0.2) is 6.10 Å². The molecule has 0 aliphatic carbocycles. The molecule has 0 aromatic rings. The van der Waals surface area contributed by atoms with E-state index in [2.05, 4.69) is 34.6 Å². The SMILES string of the molecule is CCCCCCCCCCCCCCC(=O)OC[C@@H](COC(=O)CCCCCCCCCCCCCCCC(C)C)OC(=O)CCCCCCCCCCCCCCCCC(C)CC. The van der Waals surface area contributed by atoms with Crippen LogP contribution in [0.4, 0.5) is 0 Å². The minimum atomic E-state index is -0.762. The number of carbonyl (C=O) groups excluding carboxylic acids is 3. The van der Waals surface area contributed by atoms with E-state index in [-0.39, 0.29) is 31.1 Å². The summed E-state index contributed by atoms with van der Waals surface area (Å²) in [6, 6.07) is 0. The van der Waals surface area contributed by atoms with Crippen molar-refractivity contribution in [2.45, 2.75) is 330 Å². The average molecular weight is 906 g/mol. The van der Waals surface area contributed by atoms with Gasteiger partial charge < -0.3 is 14.2 Å². The van der Waals surface area contributed by atoms with Gasteiger partial charge in [-0.05, 0) is 31.1 Å². The number of ether oxygens (including phenoxy) is 3. The standard InChI is InChI=1S/C58H112O6/c1-6-8-9-10-11-12-13-23-28-33-38-43-48-56(59)62-51-55(52-63-57(60)49-44-39-34-29-24-20-16-17-21-26-31-36-41-46-53(3)4)64-58(61)50-45-40-35-30-25-19-15-14-18-22-27-32-37-42-47-54(5)7-2/h53-55H,6-52H2,1-5H3/t54?,55-/m0/s1. The molecule has 0 saturated heterocycles. The lowest BCUT2D eigenvalue weighted by atomic mass is 9.99. The average Bonchev–Trinajstić information content (AvgIpc) is 3.28. The Balaban J connectivity index is 4.29. The highest BCUT2D eigenvalue weighted by molar-refractivity contribution is 5.71. The van der Waals surface area contributed by atoms with Crippen LogP contribution in [0, 0.1) is 11.8 Å². The summed E-state index contributed by atoms with van der Waals surface area (Å²) < 4.78 is 16.9. The molecule has 0 radical (unpaired) electrons. The van der Waals surface area contributed by atoms with Crippen LogP contribution in [0.3, 0.4) is 0 Å². The minimum absolute atomic E-state index is 0.0627. The Morgan fingerprint density at radius 3 is 0.891 bits per heavy atom. The second-order valence-electron chi connectivity index (χ2n) is 20.6. The highest BCUT2D eigenvalue weighted by atomic mass is 16.6. The van der Waals surface area contributed by atoms with Gasteiger partial charge in [0.05, 0.1) is 0 Å². The summed E-state index contributed by atoms with van der Waals surface area (Å²) in [5.41, 5.74) is 0. The predicted molar refractivity (Wildman–Crippen MR) is 275 cm³/mol. The summed E-state index contributed by atoms with van der Waals surface area (Å²) in [4.78, 5) is 38.1. The molecule has 64 heavy (non-hydrogen) atoms. The molecule has 6 heteroatoms. The maximum Gasteiger partial charge on any atom is 0.306 e. The zero-order valence-electron chi connectivity index (χ0n) is 43.9. The monoisotopic (exact) mass is 905 g/mol. The molecule has 0 N–H and O–H groups in total. The molecule has 6 nitrogen and oxygen atoms in total. The van der Waals surface area contributed by atoms with Crippen LogP contribution < -0.4 is 0 Å². The molecule has 380 valence electrons. The Morgan fingerprint density at radius 2 is 0.594 bits per heavy atom. The van der Waals surface area contributed by atoms with E-state index in [0.29, 0.717) is 19.3 Å². The van der Waals surface area contributed by atoms with Crippen molar-refractivity contribution >= 4 is 17.9 Å². The van der Waals surface area contributed by atoms with E-state index in [1.165, 1.54) is 212 Å². The quantitative estimate of drug-likeness (QED) is 0.0344. The molecule has 2 atom stereocenters. The fraction of sp³-hybridized carbons (Fsp3) is 0.948. The van der Waals surface area contributed by atoms with Crippen molar-refractivity contribution in [3.63, 3.8) is 0 Å². The van der Waals surface area contributed by atoms with Crippen LogP contribution in [-0.4, -0.2) is 37.2 Å². The molecule has 0 aromatic carbocycles. The van der Waals surface area contributed by atoms with Crippen molar-refractivity contribution in [3.05, 3.63) is 0 Å². The lowest BCUT2D eigenvalue weighted by Gasteiger charge is -2.18. The van der Waals surface area contributed by atoms with Gasteiger partial charge in [-0.25, -0.2) is 0 Å². The van der Waals surface area contributed by atoms with Gasteiger partial charge >= 0.3 is 17.9 Å². The number of esters is 3. The first-order valence-electron chi connectivity index (χ1n) is 28.8. The molecule has 0 aromatic heterocycles. The fourth-order valence-electron chi connectivity index (χ4n) is 8.84. The van der Waals surface area contributed by atoms with Gasteiger partial charge in [-0.3, -0.25) is 14.4 Å². The minimum Gasteiger partial charge on any atom is -0.462 e. The third-order valence-corrected chi connectivity index (χ3v) is 13.6. The lowest BCUT2D eigenvalue weighted by Crippen LogP contribution is -2.30. The molecule has 0 spiro atoms. The topological polar surface area (TPSA) is 78.9 Å². The van der Waals surface area contributed by atoms with Crippen molar-refractivity contribution in [1.29, 1.82) is 0 Å². The van der Waals surface area contributed by atoms with E-state index in [0.717, 1.165) is 69.6 Å². The first kappa shape index (κ1) is 62.4. The first-order valence-corrected chi connectivity index (χ1v) is 28.8. The molecule has 0 bridgehead atoms. The lowest BCUT2D eigenvalue weighted by molar-refractivity contribution is -0.167. The first-order chi connectivity index (χ1) is 31.3. The summed E-state index contributed by atoms with van der Waals surface area (Å²) in [5, 5.41) is 0. The highest BCUT2D eigenvalue weighted by Crippen LogP contribution is 2.18. The molecular formula is C58H112O6. The largest absolute Gasteiger partial charge is 0.462 e. The van der Waals surface area contributed by atoms with E-state index in [1.807, 2.05) is 0 Å². The van der Waals surface area contributed by atoms with Gasteiger partial charge in [-0.2, -0.15) is 0 Å². The number of unbranched alkanes of at least 4 members (excludes halogenated alkanes) is 36. The molecule has 0 saturated carbocycles. The summed E-state index contributed by atoms with van der Waals surface area (Å²) in [6.07, 6.45) is 53.7. The van der Waals surface area contributed by atoms with Gasteiger partial charge in [0.1, 0.15) is 13.2 Å². The Labute approximate surface area is 399 Å². The Kier molecular flexibility index (Phi) is 49.6. The third-order valence-electron chi connectivity index (χ3n) is 13.6. The predicted octanol–water partition coefficient (Wildman–Crippen LogP) is 18.9. The van der Waals surface area contributed by atoms with E-state index in [9.17, 15) is 14.4 Å². The van der Waals surface area contributed by atoms with E-state index >= 15 is 0 Å². The van der Waals surface area contributed by atoms with Crippen molar-refractivity contribution in [1.82, 2.24) is 0 Å². The second-order valence-corrected chi connectivity index (χ2v) is 20.6. The number of hydrogen-bond donors (Lipinski definition) is 0. The zero-order valence-corrected chi connectivity index (χ0v) is 43.9. The number of rotatable bonds is 52. The van der Waals surface area contributed by atoms with Crippen LogP contribution >= 0.6 is 0 Å². The molecule has 0 fully saturated rings. The van der Waals surface area contributed by atoms with Gasteiger partial charge in [0, 0.05) is 19.3 Å². The van der Waals surface area contributed by atoms with Gasteiger partial charge in [0.2, 0.25) is 0 Å². The van der Waals surface area contributed by atoms with Crippen LogP contribution in [0.1, 0.15) is 324 Å². The molecule has 0 aliphatic rings. The van der Waals surface area contributed by atoms with Crippen molar-refractivity contribution < 1.29 is 28.6 Å². The molecule has 0 rings (SSSR count). The Bertz CT molecular complexity index is 980. The summed E-state index contributed by atoms with van der Waals surface area (Å²) in [7, 11) is 0. The van der Waals surface area contributed by atoms with Crippen LogP contribution in [0.15, 0.2) is 0 Å². The molecule has 0 heterocycles. The highest BCUT2D eigenvalue weighted by Gasteiger charge is 2.19.